The summed E-state index contributed by atoms with van der Waals surface area (Å²) in [6, 6.07) is 5.01. The van der Waals surface area contributed by atoms with Crippen LogP contribution in [0.5, 0.6) is 5.75 Å². The molecule has 2 bridgehead atoms. The van der Waals surface area contributed by atoms with Crippen molar-refractivity contribution in [2.24, 2.45) is 10.7 Å². The summed E-state index contributed by atoms with van der Waals surface area (Å²) in [6.45, 7) is 1.55. The molecule has 8 nitrogen and oxygen atoms in total. The number of halogens is 3. The Balaban J connectivity index is 1.69. The molecule has 1 aromatic carbocycles. The highest BCUT2D eigenvalue weighted by molar-refractivity contribution is 7.94. The summed E-state index contributed by atoms with van der Waals surface area (Å²) in [5.41, 5.74) is 5.04. The second-order valence-corrected chi connectivity index (χ2v) is 11.7. The Hall–Kier alpha value is -3.15. The van der Waals surface area contributed by atoms with Gasteiger partial charge in [-0.05, 0) is 63.4 Å². The summed E-state index contributed by atoms with van der Waals surface area (Å²) < 4.78 is 69.7. The normalized spacial score (nSPS) is 27.3. The molecule has 0 radical (unpaired) electrons. The molecule has 2 aliphatic rings. The molecule has 0 unspecified atom stereocenters. The zero-order chi connectivity index (χ0) is 25.8. The summed E-state index contributed by atoms with van der Waals surface area (Å²) in [5, 5.41) is 1.61. The Labute approximate surface area is 200 Å². The van der Waals surface area contributed by atoms with Crippen molar-refractivity contribution in [3.05, 3.63) is 53.1 Å². The molecule has 3 heterocycles. The highest BCUT2D eigenvalue weighted by atomic mass is 32.2. The minimum atomic E-state index is -3.77. The van der Waals surface area contributed by atoms with Gasteiger partial charge in [-0.1, -0.05) is 6.42 Å². The van der Waals surface area contributed by atoms with Crippen LogP contribution in [0.4, 0.5) is 18.9 Å². The number of aromatic nitrogens is 1. The van der Waals surface area contributed by atoms with Crippen molar-refractivity contribution in [2.75, 3.05) is 5.32 Å². The standard InChI is InChI=1S/C23H25F3N4O4S/c1-12-9-14(34-21(25)26)11-28-18(12)19(31)29-13-6-7-16(24)15(10-13)23(3)17-5-4-8-22(2,20(27)30-23)35(17,32)33/h6-7,9-11,17,21H,4-5,8H2,1-3H3,(H2,27,30)(H,29,31)/t17-,22+,23+/m0/s1. The van der Waals surface area contributed by atoms with E-state index in [4.69, 9.17) is 5.73 Å². The van der Waals surface area contributed by atoms with E-state index < -0.39 is 43.7 Å². The highest BCUT2D eigenvalue weighted by Gasteiger charge is 2.60. The van der Waals surface area contributed by atoms with Crippen LogP contribution in [0.15, 0.2) is 35.5 Å². The number of aliphatic imine (C=N–C) groups is 1. The van der Waals surface area contributed by atoms with E-state index in [1.165, 1.54) is 32.0 Å². The van der Waals surface area contributed by atoms with Crippen LogP contribution in [0.2, 0.25) is 0 Å². The van der Waals surface area contributed by atoms with Crippen LogP contribution in [-0.4, -0.2) is 41.8 Å². The molecule has 188 valence electrons. The first kappa shape index (κ1) is 25.0. The number of alkyl halides is 2. The number of nitrogens with two attached hydrogens (primary N) is 1. The van der Waals surface area contributed by atoms with Crippen molar-refractivity contribution in [2.45, 2.75) is 62.2 Å². The van der Waals surface area contributed by atoms with Gasteiger partial charge in [0.25, 0.3) is 5.91 Å². The average Bonchev–Trinajstić information content (AvgIpc) is 2.75. The summed E-state index contributed by atoms with van der Waals surface area (Å²) in [5.74, 6) is -1.61. The molecular formula is C23H25F3N4O4S. The SMILES string of the molecule is Cc1cc(OC(F)F)cnc1C(=O)Nc1ccc(F)c([C@@]2(C)N=C(N)[C@@]3(C)CCC[C@@H]2S3(=O)=O)c1. The van der Waals surface area contributed by atoms with Gasteiger partial charge in [0.15, 0.2) is 9.84 Å². The maximum atomic E-state index is 15.1. The number of nitrogens with one attached hydrogen (secondary N) is 1. The Morgan fingerprint density at radius 1 is 1.29 bits per heavy atom. The molecule has 4 rings (SSSR count). The second kappa shape index (κ2) is 8.51. The molecule has 2 aliphatic heterocycles. The van der Waals surface area contributed by atoms with Gasteiger partial charge in [-0.25, -0.2) is 17.8 Å². The third kappa shape index (κ3) is 4.03. The number of aryl methyl sites for hydroxylation is 1. The van der Waals surface area contributed by atoms with E-state index in [2.05, 4.69) is 20.0 Å². The first-order valence-corrected chi connectivity index (χ1v) is 12.5. The maximum Gasteiger partial charge on any atom is 0.387 e. The fraction of sp³-hybridized carbons (Fsp3) is 0.435. The fourth-order valence-corrected chi connectivity index (χ4v) is 7.56. The Bertz CT molecular complexity index is 1330. The molecular weight excluding hydrogens is 485 g/mol. The minimum absolute atomic E-state index is 0.0128. The zero-order valence-corrected chi connectivity index (χ0v) is 20.1. The zero-order valence-electron chi connectivity index (χ0n) is 19.3. The monoisotopic (exact) mass is 510 g/mol. The third-order valence-electron chi connectivity index (χ3n) is 6.91. The topological polar surface area (TPSA) is 124 Å². The van der Waals surface area contributed by atoms with Gasteiger partial charge in [0.1, 0.15) is 33.4 Å². The van der Waals surface area contributed by atoms with E-state index >= 15 is 4.39 Å². The van der Waals surface area contributed by atoms with Crippen LogP contribution >= 0.6 is 0 Å². The van der Waals surface area contributed by atoms with Gasteiger partial charge >= 0.3 is 6.61 Å². The number of sulfone groups is 1. The lowest BCUT2D eigenvalue weighted by atomic mass is 9.82. The first-order valence-electron chi connectivity index (χ1n) is 10.9. The molecule has 12 heteroatoms. The number of hydrogen-bond donors (Lipinski definition) is 2. The number of amidine groups is 1. The van der Waals surface area contributed by atoms with E-state index in [1.807, 2.05) is 0 Å². The predicted molar refractivity (Wildman–Crippen MR) is 124 cm³/mol. The van der Waals surface area contributed by atoms with E-state index in [1.54, 1.807) is 6.92 Å². The minimum Gasteiger partial charge on any atom is -0.433 e. The molecule has 3 N–H and O–H groups in total. The van der Waals surface area contributed by atoms with Crippen LogP contribution in [0, 0.1) is 12.7 Å². The van der Waals surface area contributed by atoms with E-state index in [9.17, 15) is 22.0 Å². The van der Waals surface area contributed by atoms with Gasteiger partial charge in [0.2, 0.25) is 0 Å². The Kier molecular flexibility index (Phi) is 6.06. The molecule has 1 saturated heterocycles. The Morgan fingerprint density at radius 2 is 2.00 bits per heavy atom. The number of rotatable bonds is 5. The summed E-state index contributed by atoms with van der Waals surface area (Å²) in [4.78, 5) is 21.2. The van der Waals surface area contributed by atoms with Gasteiger partial charge in [-0.3, -0.25) is 9.79 Å². The number of ether oxygens (including phenoxy) is 1. The number of benzene rings is 1. The van der Waals surface area contributed by atoms with Gasteiger partial charge < -0.3 is 15.8 Å². The molecule has 1 amide bonds. The van der Waals surface area contributed by atoms with Gasteiger partial charge in [0.05, 0.1) is 11.4 Å². The number of nitrogens with zero attached hydrogens (tertiary/aromatic N) is 2. The van der Waals surface area contributed by atoms with Gasteiger partial charge in [-0.2, -0.15) is 8.78 Å². The lowest BCUT2D eigenvalue weighted by Gasteiger charge is -2.48. The van der Waals surface area contributed by atoms with E-state index in [0.717, 1.165) is 12.3 Å². The molecule has 2 aromatic rings. The fourth-order valence-electron chi connectivity index (χ4n) is 4.90. The largest absolute Gasteiger partial charge is 0.433 e. The van der Waals surface area contributed by atoms with Crippen molar-refractivity contribution in [1.82, 2.24) is 4.98 Å². The Morgan fingerprint density at radius 3 is 2.66 bits per heavy atom. The lowest BCUT2D eigenvalue weighted by Crippen LogP contribution is -2.63. The summed E-state index contributed by atoms with van der Waals surface area (Å²) >= 11 is 0. The predicted octanol–water partition coefficient (Wildman–Crippen LogP) is 3.69. The summed E-state index contributed by atoms with van der Waals surface area (Å²) in [7, 11) is -3.77. The van der Waals surface area contributed by atoms with Crippen molar-refractivity contribution in [1.29, 1.82) is 0 Å². The van der Waals surface area contributed by atoms with Crippen molar-refractivity contribution >= 4 is 27.3 Å². The van der Waals surface area contributed by atoms with Crippen LogP contribution < -0.4 is 15.8 Å². The molecule has 0 spiro atoms. The molecule has 0 saturated carbocycles. The van der Waals surface area contributed by atoms with Crippen molar-refractivity contribution < 1.29 is 31.1 Å². The summed E-state index contributed by atoms with van der Waals surface area (Å²) in [6.07, 6.45) is 2.25. The van der Waals surface area contributed by atoms with Crippen LogP contribution in [0.1, 0.15) is 54.7 Å². The van der Waals surface area contributed by atoms with Crippen molar-refractivity contribution in [3.8, 4) is 5.75 Å². The molecule has 1 fully saturated rings. The number of fused-ring (bicyclic) bond motifs is 2. The van der Waals surface area contributed by atoms with E-state index in [-0.39, 0.29) is 34.1 Å². The number of pyridine rings is 1. The second-order valence-electron chi connectivity index (χ2n) is 9.17. The molecule has 0 aliphatic carbocycles. The van der Waals surface area contributed by atoms with Crippen LogP contribution in [0.3, 0.4) is 0 Å². The third-order valence-corrected chi connectivity index (χ3v) is 10.0. The smallest absolute Gasteiger partial charge is 0.387 e. The number of amides is 1. The number of anilines is 1. The van der Waals surface area contributed by atoms with E-state index in [0.29, 0.717) is 19.3 Å². The highest BCUT2D eigenvalue weighted by Crippen LogP contribution is 2.49. The molecule has 35 heavy (non-hydrogen) atoms. The molecule has 1 aromatic heterocycles. The van der Waals surface area contributed by atoms with Crippen LogP contribution in [-0.2, 0) is 15.4 Å². The molecule has 3 atom stereocenters. The number of carbonyl (C=O) groups excluding carboxylic acids is 1. The first-order chi connectivity index (χ1) is 16.3. The maximum absolute atomic E-state index is 15.1. The van der Waals surface area contributed by atoms with Gasteiger partial charge in [-0.15, -0.1) is 0 Å². The van der Waals surface area contributed by atoms with Crippen molar-refractivity contribution in [3.63, 3.8) is 0 Å². The number of carbonyl (C=O) groups is 1. The van der Waals surface area contributed by atoms with Gasteiger partial charge in [0, 0.05) is 11.3 Å². The quantitative estimate of drug-likeness (QED) is 0.632. The number of hydrogen-bond acceptors (Lipinski definition) is 7. The average molecular weight is 511 g/mol. The lowest BCUT2D eigenvalue weighted by molar-refractivity contribution is -0.0501. The van der Waals surface area contributed by atoms with Crippen LogP contribution in [0.25, 0.3) is 0 Å².